The Morgan fingerprint density at radius 3 is 1.36 bits per heavy atom. The first-order chi connectivity index (χ1) is 41.8. The van der Waals surface area contributed by atoms with E-state index in [9.17, 15) is 10.1 Å². The number of nitrogens with zero attached hydrogens (tertiary/aromatic N) is 9. The van der Waals surface area contributed by atoms with Crippen molar-refractivity contribution in [1.82, 2.24) is 39.7 Å². The van der Waals surface area contributed by atoms with Crippen molar-refractivity contribution >= 4 is 104 Å². The van der Waals surface area contributed by atoms with Crippen molar-refractivity contribution in [1.29, 1.82) is 0 Å². The van der Waals surface area contributed by atoms with Gasteiger partial charge in [0.2, 0.25) is 0 Å². The molecule has 10 rings (SSSR count). The Bertz CT molecular complexity index is 3550. The largest absolute Gasteiger partial charge is 0.495 e. The molecule has 0 aliphatic carbocycles. The number of hydrogen-bond donors (Lipinski definition) is 6. The molecule has 23 nitrogen and oxygen atoms in total. The van der Waals surface area contributed by atoms with Crippen LogP contribution in [0, 0.1) is 10.1 Å². The fourth-order valence-corrected chi connectivity index (χ4v) is 10.5. The number of benzene rings is 4. The number of nitrogens with two attached hydrogens (primary N) is 1. The summed E-state index contributed by atoms with van der Waals surface area (Å²) < 4.78 is 33.2. The molecule has 7 N–H and O–H groups in total. The molecule has 2 fully saturated rings. The minimum Gasteiger partial charge on any atom is -0.495 e. The zero-order valence-corrected chi connectivity index (χ0v) is 50.7. The minimum absolute atomic E-state index is 0.140. The number of likely N-dealkylation sites (tertiary alicyclic amines) is 2. The summed E-state index contributed by atoms with van der Waals surface area (Å²) in [5.74, 6) is 4.46. The van der Waals surface area contributed by atoms with Crippen LogP contribution in [0.2, 0.25) is 20.1 Å². The average molecular weight is 1260 g/mol. The summed E-state index contributed by atoms with van der Waals surface area (Å²) in [6, 6.07) is 24.2. The van der Waals surface area contributed by atoms with Crippen molar-refractivity contribution in [3.05, 3.63) is 140 Å². The van der Waals surface area contributed by atoms with E-state index in [1.807, 2.05) is 30.3 Å². The highest BCUT2D eigenvalue weighted by Crippen LogP contribution is 2.48. The lowest BCUT2D eigenvalue weighted by atomic mass is 10.1. The average Bonchev–Trinajstić information content (AvgIpc) is 2.10. The smallest absolute Gasteiger partial charge is 0.296 e. The van der Waals surface area contributed by atoms with Gasteiger partial charge in [0.15, 0.2) is 0 Å². The summed E-state index contributed by atoms with van der Waals surface area (Å²) in [6.07, 6.45) is 11.0. The Balaban J connectivity index is 0.000000218. The van der Waals surface area contributed by atoms with Crippen molar-refractivity contribution in [3.8, 4) is 57.0 Å². The van der Waals surface area contributed by atoms with Gasteiger partial charge in [0, 0.05) is 74.1 Å². The summed E-state index contributed by atoms with van der Waals surface area (Å²) in [6.45, 7) is 7.18. The first kappa shape index (κ1) is 63.6. The molecule has 452 valence electrons. The van der Waals surface area contributed by atoms with Crippen molar-refractivity contribution in [2.24, 2.45) is 0 Å². The molecule has 0 amide bonds. The number of halogens is 4. The van der Waals surface area contributed by atoms with Gasteiger partial charge in [-0.1, -0.05) is 46.4 Å². The van der Waals surface area contributed by atoms with Crippen LogP contribution in [0.5, 0.6) is 34.5 Å². The van der Waals surface area contributed by atoms with E-state index in [1.54, 1.807) is 60.9 Å². The maximum absolute atomic E-state index is 11.9. The van der Waals surface area contributed by atoms with Crippen LogP contribution in [0.25, 0.3) is 22.5 Å². The molecular formula is C59H64Cl4N14O9. The fourth-order valence-electron chi connectivity index (χ4n) is 9.27. The maximum Gasteiger partial charge on any atom is 0.296 e. The Morgan fingerprint density at radius 1 is 0.547 bits per heavy atom. The summed E-state index contributed by atoms with van der Waals surface area (Å²) in [7, 11) is 7.01. The van der Waals surface area contributed by atoms with E-state index in [0.29, 0.717) is 121 Å². The van der Waals surface area contributed by atoms with Gasteiger partial charge in [-0.25, -0.2) is 29.9 Å². The normalized spacial score (nSPS) is 12.9. The molecule has 0 bridgehead atoms. The van der Waals surface area contributed by atoms with Crippen LogP contribution in [0.1, 0.15) is 25.7 Å². The van der Waals surface area contributed by atoms with Gasteiger partial charge in [-0.2, -0.15) is 0 Å². The number of hydrogen-bond acceptors (Lipinski definition) is 22. The highest BCUT2D eigenvalue weighted by atomic mass is 35.5. The predicted octanol–water partition coefficient (Wildman–Crippen LogP) is 12.7. The highest BCUT2D eigenvalue weighted by molar-refractivity contribution is 6.42. The Kier molecular flexibility index (Phi) is 23.0. The van der Waals surface area contributed by atoms with Gasteiger partial charge >= 0.3 is 0 Å². The number of nitro groups is 1. The molecule has 0 saturated carbocycles. The molecule has 0 atom stereocenters. The zero-order valence-electron chi connectivity index (χ0n) is 47.7. The van der Waals surface area contributed by atoms with Crippen molar-refractivity contribution in [2.45, 2.75) is 25.7 Å². The standard InChI is InChI=1S/C29H29Cl2N7O5.C29H31Cl2N7O3.CH4O/c1-41-23-16-24(42-2)27(31)28(26(23)30)36-29-19(6-5-9-32-29)21-15-25(34-17-33-21)35-20-8-7-18(14-22(20)38(39)40)43-13-12-37-10-3-4-11-37;1-39-23-16-24(40-2)27(31)28(26(23)30)37-29-19(6-5-9-33-29)22-15-25(35-17-34-22)36-21-8-7-18(14-20(21)32)41-13-12-38-10-3-4-11-38;1-2/h5-9,14-17H,3-4,10-13H2,1-2H3,(H,32,36)(H,33,34,35);5-9,14-17H,3-4,10-13,32H2,1-2H3,(H,33,37)(H,34,35,36);2H,1H3. The van der Waals surface area contributed by atoms with E-state index >= 15 is 0 Å². The summed E-state index contributed by atoms with van der Waals surface area (Å²) in [5, 5.41) is 32.7. The molecule has 6 heterocycles. The quantitative estimate of drug-likeness (QED) is 0.0197. The highest BCUT2D eigenvalue weighted by Gasteiger charge is 2.23. The van der Waals surface area contributed by atoms with Gasteiger partial charge in [-0.15, -0.1) is 0 Å². The number of nitrogens with one attached hydrogen (secondary N) is 4. The number of ether oxygens (including phenoxy) is 6. The van der Waals surface area contributed by atoms with E-state index < -0.39 is 4.92 Å². The maximum atomic E-state index is 11.9. The van der Waals surface area contributed by atoms with E-state index in [-0.39, 0.29) is 21.4 Å². The number of anilines is 9. The zero-order chi connectivity index (χ0) is 61.1. The SMILES string of the molecule is CO.COc1cc(OC)c(Cl)c(Nc2ncccc2-c2cc(Nc3ccc(OCCN4CCCC4)cc3N)ncn2)c1Cl.COc1cc(OC)c(Cl)c(Nc2ncccc2-c2cc(Nc3ccc(OCCN4CCCC4)cc3[N+](=O)[O-])ncn2)c1Cl. The first-order valence-corrected chi connectivity index (χ1v) is 28.5. The number of rotatable bonds is 23. The topological polar surface area (TPSA) is 277 Å². The Labute approximate surface area is 517 Å². The molecule has 4 aromatic heterocycles. The fraction of sp³-hybridized carbons (Fsp3) is 0.288. The van der Waals surface area contributed by atoms with Crippen LogP contribution in [0.4, 0.5) is 57.4 Å². The minimum atomic E-state index is -0.462. The second-order valence-corrected chi connectivity index (χ2v) is 20.4. The van der Waals surface area contributed by atoms with E-state index in [0.717, 1.165) is 52.1 Å². The molecule has 0 radical (unpaired) electrons. The van der Waals surface area contributed by atoms with Gasteiger partial charge in [-0.3, -0.25) is 19.9 Å². The molecule has 27 heteroatoms. The monoisotopic (exact) mass is 1250 g/mol. The molecule has 2 aliphatic heterocycles. The van der Waals surface area contributed by atoms with Crippen LogP contribution < -0.4 is 55.4 Å². The molecule has 2 aliphatic rings. The third-order valence-corrected chi connectivity index (χ3v) is 15.1. The Morgan fingerprint density at radius 2 is 0.953 bits per heavy atom. The third-order valence-electron chi connectivity index (χ3n) is 13.6. The molecule has 4 aromatic carbocycles. The number of aliphatic hydroxyl groups is 1. The lowest BCUT2D eigenvalue weighted by Gasteiger charge is -2.17. The summed E-state index contributed by atoms with van der Waals surface area (Å²) in [5.41, 5.74) is 10.8. The van der Waals surface area contributed by atoms with Gasteiger partial charge in [-0.05, 0) is 100 Å². The number of methoxy groups -OCH3 is 4. The molecular weight excluding hydrogens is 1190 g/mol. The predicted molar refractivity (Wildman–Crippen MR) is 337 cm³/mol. The van der Waals surface area contributed by atoms with Crippen molar-refractivity contribution in [3.63, 3.8) is 0 Å². The molecule has 0 spiro atoms. The number of pyridine rings is 2. The Hall–Kier alpha value is -8.42. The van der Waals surface area contributed by atoms with Crippen LogP contribution in [0.15, 0.2) is 110 Å². The van der Waals surface area contributed by atoms with E-state index in [4.69, 9.17) is 85.7 Å². The van der Waals surface area contributed by atoms with Crippen LogP contribution in [-0.4, -0.2) is 138 Å². The first-order valence-electron chi connectivity index (χ1n) is 27.0. The second-order valence-electron chi connectivity index (χ2n) is 18.9. The van der Waals surface area contributed by atoms with Gasteiger partial charge in [0.05, 0.1) is 73.6 Å². The van der Waals surface area contributed by atoms with Crippen molar-refractivity contribution < 1.29 is 38.5 Å². The number of nitrogen functional groups attached to an aromatic ring is 1. The molecule has 2 saturated heterocycles. The number of aromatic nitrogens is 6. The third kappa shape index (κ3) is 16.1. The van der Waals surface area contributed by atoms with Crippen molar-refractivity contribution in [2.75, 3.05) is 115 Å². The number of aliphatic hydroxyl groups excluding tert-OH is 1. The summed E-state index contributed by atoms with van der Waals surface area (Å²) in [4.78, 5) is 42.6. The molecule has 0 unspecified atom stereocenters. The van der Waals surface area contributed by atoms with Gasteiger partial charge in [0.25, 0.3) is 5.69 Å². The van der Waals surface area contributed by atoms with Gasteiger partial charge < -0.3 is 60.5 Å². The van der Waals surface area contributed by atoms with Crippen LogP contribution >= 0.6 is 46.4 Å². The molecule has 86 heavy (non-hydrogen) atoms. The lowest BCUT2D eigenvalue weighted by Crippen LogP contribution is -2.25. The van der Waals surface area contributed by atoms with E-state index in [1.165, 1.54) is 72.8 Å². The van der Waals surface area contributed by atoms with E-state index in [2.05, 4.69) is 61.0 Å². The summed E-state index contributed by atoms with van der Waals surface area (Å²) >= 11 is 26.3. The number of nitro benzene ring substituents is 1. The van der Waals surface area contributed by atoms with Crippen LogP contribution in [-0.2, 0) is 0 Å². The van der Waals surface area contributed by atoms with Gasteiger partial charge in [0.1, 0.15) is 109 Å². The lowest BCUT2D eigenvalue weighted by molar-refractivity contribution is -0.384. The second kappa shape index (κ2) is 31.1. The molecule has 8 aromatic rings. The van der Waals surface area contributed by atoms with Crippen LogP contribution in [0.3, 0.4) is 0 Å².